The maximum Gasteiger partial charge on any atom is 0.319 e. The first-order valence-corrected chi connectivity index (χ1v) is 11.1. The monoisotopic (exact) mass is 444 g/mol. The molecule has 1 N–H and O–H groups in total. The van der Waals surface area contributed by atoms with Crippen LogP contribution >= 0.6 is 0 Å². The predicted molar refractivity (Wildman–Crippen MR) is 116 cm³/mol. The summed E-state index contributed by atoms with van der Waals surface area (Å²) in [6.45, 7) is 7.48. The van der Waals surface area contributed by atoms with Gasteiger partial charge >= 0.3 is 6.01 Å². The number of rotatable bonds is 4. The van der Waals surface area contributed by atoms with E-state index in [0.29, 0.717) is 43.1 Å². The fraction of sp³-hybridized carbons (Fsp3) is 0.652. The van der Waals surface area contributed by atoms with Crippen LogP contribution in [0.5, 0.6) is 11.9 Å². The molecule has 1 aliphatic carbocycles. The number of fused-ring (bicyclic) bond motifs is 1. The van der Waals surface area contributed by atoms with E-state index in [2.05, 4.69) is 35.9 Å². The first-order chi connectivity index (χ1) is 15.2. The molecule has 2 aromatic rings. The van der Waals surface area contributed by atoms with Gasteiger partial charge in [-0.3, -0.25) is 4.79 Å². The molecule has 1 aliphatic heterocycles. The number of carbonyl (C=O) groups excluding carboxylic acids is 1. The molecule has 1 amide bonds. The summed E-state index contributed by atoms with van der Waals surface area (Å²) in [7, 11) is 2.96. The number of aromatic nitrogens is 3. The molecule has 0 radical (unpaired) electrons. The largest absolute Gasteiger partial charge is 0.481 e. The quantitative estimate of drug-likeness (QED) is 0.766. The van der Waals surface area contributed by atoms with E-state index >= 15 is 0 Å². The van der Waals surface area contributed by atoms with Gasteiger partial charge in [0.25, 0.3) is 5.91 Å². The minimum atomic E-state index is -1.19. The van der Waals surface area contributed by atoms with Crippen LogP contribution in [0.4, 0.5) is 0 Å². The Morgan fingerprint density at radius 3 is 2.59 bits per heavy atom. The molecule has 1 atom stereocenters. The first-order valence-electron chi connectivity index (χ1n) is 11.1. The van der Waals surface area contributed by atoms with E-state index in [0.717, 1.165) is 30.6 Å². The van der Waals surface area contributed by atoms with Crippen LogP contribution in [0.2, 0.25) is 0 Å². The molecule has 1 saturated heterocycles. The van der Waals surface area contributed by atoms with Gasteiger partial charge in [-0.1, -0.05) is 25.9 Å². The minimum absolute atomic E-state index is 0.135. The van der Waals surface area contributed by atoms with Crippen LogP contribution in [0.1, 0.15) is 67.4 Å². The number of methoxy groups -OCH3 is 2. The van der Waals surface area contributed by atoms with Crippen molar-refractivity contribution in [1.29, 1.82) is 0 Å². The van der Waals surface area contributed by atoms with Gasteiger partial charge in [-0.2, -0.15) is 4.98 Å². The first kappa shape index (κ1) is 22.5. The third-order valence-electron chi connectivity index (χ3n) is 6.95. The maximum absolute atomic E-state index is 13.3. The average Bonchev–Trinajstić information content (AvgIpc) is 3.21. The number of carbonyl (C=O) groups is 1. The lowest BCUT2D eigenvalue weighted by atomic mass is 9.71. The Kier molecular flexibility index (Phi) is 5.87. The lowest BCUT2D eigenvalue weighted by molar-refractivity contribution is -0.0235. The van der Waals surface area contributed by atoms with Gasteiger partial charge in [-0.05, 0) is 37.0 Å². The van der Waals surface area contributed by atoms with Crippen molar-refractivity contribution >= 4 is 5.91 Å². The minimum Gasteiger partial charge on any atom is -0.481 e. The molecule has 0 aromatic carbocycles. The number of hydrogen-bond donors (Lipinski definition) is 1. The second kappa shape index (κ2) is 8.35. The highest BCUT2D eigenvalue weighted by atomic mass is 16.5. The topological polar surface area (TPSA) is 111 Å². The molecular weight excluding hydrogens is 412 g/mol. The Morgan fingerprint density at radius 2 is 1.97 bits per heavy atom. The van der Waals surface area contributed by atoms with E-state index in [1.54, 1.807) is 4.90 Å². The zero-order chi connectivity index (χ0) is 23.1. The molecular formula is C23H32N4O5. The number of aryl methyl sites for hydroxylation is 1. The van der Waals surface area contributed by atoms with Gasteiger partial charge in [-0.15, -0.1) is 0 Å². The van der Waals surface area contributed by atoms with Crippen LogP contribution in [0.3, 0.4) is 0 Å². The van der Waals surface area contributed by atoms with Crippen molar-refractivity contribution in [2.24, 2.45) is 11.3 Å². The molecule has 4 rings (SSSR count). The molecule has 9 nitrogen and oxygen atoms in total. The van der Waals surface area contributed by atoms with Crippen molar-refractivity contribution in [3.63, 3.8) is 0 Å². The smallest absolute Gasteiger partial charge is 0.319 e. The van der Waals surface area contributed by atoms with E-state index < -0.39 is 5.60 Å². The summed E-state index contributed by atoms with van der Waals surface area (Å²) in [5.41, 5.74) is 0.850. The maximum atomic E-state index is 13.3. The molecule has 174 valence electrons. The third kappa shape index (κ3) is 4.05. The van der Waals surface area contributed by atoms with E-state index in [1.165, 1.54) is 20.4 Å². The Hall–Kier alpha value is -2.68. The summed E-state index contributed by atoms with van der Waals surface area (Å²) < 4.78 is 15.9. The van der Waals surface area contributed by atoms with E-state index in [4.69, 9.17) is 14.0 Å². The van der Waals surface area contributed by atoms with Crippen LogP contribution in [0, 0.1) is 11.3 Å². The molecule has 0 saturated carbocycles. The summed E-state index contributed by atoms with van der Waals surface area (Å²) in [5.74, 6) is 1.46. The Bertz CT molecular complexity index is 989. The number of likely N-dealkylation sites (tertiary alicyclic amines) is 1. The van der Waals surface area contributed by atoms with Gasteiger partial charge in [0, 0.05) is 31.3 Å². The van der Waals surface area contributed by atoms with Crippen LogP contribution in [-0.4, -0.2) is 58.3 Å². The highest BCUT2D eigenvalue weighted by Gasteiger charge is 2.41. The van der Waals surface area contributed by atoms with Gasteiger partial charge in [0.15, 0.2) is 5.69 Å². The van der Waals surface area contributed by atoms with Crippen LogP contribution in [-0.2, 0) is 18.4 Å². The molecule has 2 aromatic heterocycles. The molecule has 0 spiro atoms. The van der Waals surface area contributed by atoms with Crippen molar-refractivity contribution in [3.05, 3.63) is 28.8 Å². The molecule has 32 heavy (non-hydrogen) atoms. The van der Waals surface area contributed by atoms with Crippen LogP contribution < -0.4 is 9.47 Å². The lowest BCUT2D eigenvalue weighted by Gasteiger charge is -2.38. The Labute approximate surface area is 188 Å². The molecule has 0 bridgehead atoms. The van der Waals surface area contributed by atoms with Crippen molar-refractivity contribution in [2.45, 2.75) is 58.5 Å². The number of nitrogens with zero attached hydrogens (tertiary/aromatic N) is 4. The molecule has 2 aliphatic rings. The number of aliphatic hydroxyl groups is 1. The number of amides is 1. The normalized spacial score (nSPS) is 20.6. The summed E-state index contributed by atoms with van der Waals surface area (Å²) in [6, 6.07) is 0.172. The number of ether oxygens (including phenoxy) is 2. The van der Waals surface area contributed by atoms with Crippen molar-refractivity contribution in [1.82, 2.24) is 20.0 Å². The van der Waals surface area contributed by atoms with E-state index in [1.807, 2.05) is 0 Å². The third-order valence-corrected chi connectivity index (χ3v) is 6.95. The van der Waals surface area contributed by atoms with Crippen molar-refractivity contribution < 1.29 is 23.9 Å². The highest BCUT2D eigenvalue weighted by Crippen LogP contribution is 2.40. The number of hydrogen-bond acceptors (Lipinski definition) is 8. The average molecular weight is 445 g/mol. The van der Waals surface area contributed by atoms with Gasteiger partial charge < -0.3 is 24.0 Å². The molecule has 1 fully saturated rings. The van der Waals surface area contributed by atoms with Gasteiger partial charge in [0.1, 0.15) is 5.76 Å². The fourth-order valence-electron chi connectivity index (χ4n) is 4.73. The van der Waals surface area contributed by atoms with Gasteiger partial charge in [-0.25, -0.2) is 4.98 Å². The zero-order valence-corrected chi connectivity index (χ0v) is 19.5. The molecule has 3 heterocycles. The van der Waals surface area contributed by atoms with E-state index in [-0.39, 0.29) is 23.2 Å². The van der Waals surface area contributed by atoms with Crippen molar-refractivity contribution in [3.8, 4) is 11.9 Å². The van der Waals surface area contributed by atoms with Crippen LogP contribution in [0.15, 0.2) is 10.7 Å². The molecule has 9 heteroatoms. The standard InChI is InChI=1S/C23H32N4O5/c1-22(2,3)14-6-7-17-15(12-14)18(26-32-17)20(28)27-10-8-23(29,9-11-27)16-13-24-21(31-5)25-19(16)30-4/h13-14,29H,6-12H2,1-5H3. The Morgan fingerprint density at radius 1 is 1.25 bits per heavy atom. The number of piperidine rings is 1. The summed E-state index contributed by atoms with van der Waals surface area (Å²) in [5, 5.41) is 15.4. The second-order valence-electron chi connectivity index (χ2n) is 9.84. The van der Waals surface area contributed by atoms with Gasteiger partial charge in [0.2, 0.25) is 5.88 Å². The summed E-state index contributed by atoms with van der Waals surface area (Å²) >= 11 is 0. The zero-order valence-electron chi connectivity index (χ0n) is 19.5. The summed E-state index contributed by atoms with van der Waals surface area (Å²) in [6.07, 6.45) is 4.88. The summed E-state index contributed by atoms with van der Waals surface area (Å²) in [4.78, 5) is 23.3. The molecule has 1 unspecified atom stereocenters. The van der Waals surface area contributed by atoms with E-state index in [9.17, 15) is 9.90 Å². The Balaban J connectivity index is 1.49. The lowest BCUT2D eigenvalue weighted by Crippen LogP contribution is -2.45. The van der Waals surface area contributed by atoms with Gasteiger partial charge in [0.05, 0.1) is 25.4 Å². The SMILES string of the molecule is COc1ncc(C2(O)CCN(C(=O)c3noc4c3CC(C(C)(C)C)CC4)CC2)c(OC)n1. The van der Waals surface area contributed by atoms with Crippen molar-refractivity contribution in [2.75, 3.05) is 27.3 Å². The highest BCUT2D eigenvalue weighted by molar-refractivity contribution is 5.94. The predicted octanol–water partition coefficient (Wildman–Crippen LogP) is 2.76. The fourth-order valence-corrected chi connectivity index (χ4v) is 4.73. The second-order valence-corrected chi connectivity index (χ2v) is 9.84. The van der Waals surface area contributed by atoms with Crippen LogP contribution in [0.25, 0.3) is 0 Å².